The Bertz CT molecular complexity index is 1800. The molecule has 0 aliphatic carbocycles. The van der Waals surface area contributed by atoms with Crippen LogP contribution in [0.2, 0.25) is 0 Å². The third-order valence-electron chi connectivity index (χ3n) is 6.59. The van der Waals surface area contributed by atoms with Gasteiger partial charge in [0.05, 0.1) is 28.5 Å². The zero-order valence-electron chi connectivity index (χ0n) is 21.6. The second-order valence-electron chi connectivity index (χ2n) is 9.11. The van der Waals surface area contributed by atoms with E-state index >= 15 is 0 Å². The zero-order chi connectivity index (χ0) is 27.0. The molecule has 0 N–H and O–H groups in total. The molecule has 0 aliphatic rings. The molecule has 0 fully saturated rings. The van der Waals surface area contributed by atoms with Crippen molar-refractivity contribution in [2.75, 3.05) is 13.4 Å². The lowest BCUT2D eigenvalue weighted by Crippen LogP contribution is -2.07. The van der Waals surface area contributed by atoms with Gasteiger partial charge in [0.2, 0.25) is 0 Å². The maximum Gasteiger partial charge on any atom is 0.338 e. The topological polar surface area (TPSA) is 95.7 Å². The van der Waals surface area contributed by atoms with Gasteiger partial charge in [-0.3, -0.25) is 0 Å². The number of aromatic nitrogens is 1. The normalized spacial score (nSPS) is 11.7. The molecule has 7 nitrogen and oxygen atoms in total. The molecule has 3 aromatic carbocycles. The first-order valence-electron chi connectivity index (χ1n) is 12.2. The van der Waals surface area contributed by atoms with Crippen LogP contribution in [0.4, 0.5) is 0 Å². The van der Waals surface area contributed by atoms with Crippen LogP contribution in [-0.2, 0) is 27.6 Å². The maximum absolute atomic E-state index is 13.0. The minimum absolute atomic E-state index is 0.106. The predicted molar refractivity (Wildman–Crippen MR) is 146 cm³/mol. The highest BCUT2D eigenvalue weighted by molar-refractivity contribution is 7.90. The van der Waals surface area contributed by atoms with E-state index in [1.165, 1.54) is 13.4 Å². The van der Waals surface area contributed by atoms with Gasteiger partial charge in [-0.15, -0.1) is 0 Å². The van der Waals surface area contributed by atoms with Crippen LogP contribution >= 0.6 is 0 Å². The molecular formula is C30H27NO6S. The smallest absolute Gasteiger partial charge is 0.338 e. The molecule has 0 spiro atoms. The van der Waals surface area contributed by atoms with Crippen LogP contribution in [0.1, 0.15) is 34.0 Å². The van der Waals surface area contributed by atoms with E-state index < -0.39 is 15.8 Å². The molecule has 0 aliphatic heterocycles. The highest BCUT2D eigenvalue weighted by Gasteiger charge is 2.23. The molecule has 0 saturated carbocycles. The van der Waals surface area contributed by atoms with Crippen molar-refractivity contribution in [2.24, 2.45) is 0 Å². The Balaban J connectivity index is 1.66. The number of rotatable bonds is 7. The number of esters is 1. The Kier molecular flexibility index (Phi) is 6.67. The Morgan fingerprint density at radius 3 is 2.53 bits per heavy atom. The summed E-state index contributed by atoms with van der Waals surface area (Å²) in [6.45, 7) is 4.09. The molecule has 38 heavy (non-hydrogen) atoms. The van der Waals surface area contributed by atoms with Gasteiger partial charge in [0, 0.05) is 17.2 Å². The van der Waals surface area contributed by atoms with Crippen LogP contribution < -0.4 is 4.74 Å². The minimum Gasteiger partial charge on any atom is -0.488 e. The number of fused-ring (bicyclic) bond motifs is 2. The van der Waals surface area contributed by atoms with Gasteiger partial charge in [-0.2, -0.15) is 0 Å². The van der Waals surface area contributed by atoms with Crippen LogP contribution in [0, 0.1) is 6.92 Å². The van der Waals surface area contributed by atoms with Crippen LogP contribution in [0.5, 0.6) is 5.75 Å². The van der Waals surface area contributed by atoms with Crippen molar-refractivity contribution in [1.82, 2.24) is 4.98 Å². The van der Waals surface area contributed by atoms with Gasteiger partial charge in [-0.1, -0.05) is 43.3 Å². The van der Waals surface area contributed by atoms with E-state index in [-0.39, 0.29) is 11.5 Å². The van der Waals surface area contributed by atoms with Crippen molar-refractivity contribution in [2.45, 2.75) is 31.8 Å². The number of nitrogens with zero attached hydrogens (tertiary/aromatic N) is 1. The molecule has 0 amide bonds. The lowest BCUT2D eigenvalue weighted by atomic mass is 10.00. The number of sulfone groups is 1. The number of hydrogen-bond acceptors (Lipinski definition) is 7. The number of furan rings is 1. The summed E-state index contributed by atoms with van der Waals surface area (Å²) >= 11 is 0. The third-order valence-corrected chi connectivity index (χ3v) is 7.70. The number of pyridine rings is 1. The fraction of sp³-hybridized carbons (Fsp3) is 0.200. The second kappa shape index (κ2) is 9.95. The Hall–Kier alpha value is -4.17. The summed E-state index contributed by atoms with van der Waals surface area (Å²) in [5, 5.41) is 1.51. The highest BCUT2D eigenvalue weighted by Crippen LogP contribution is 2.38. The van der Waals surface area contributed by atoms with Crippen molar-refractivity contribution in [3.8, 4) is 17.2 Å². The molecule has 2 aromatic heterocycles. The summed E-state index contributed by atoms with van der Waals surface area (Å²) in [7, 11) is -2.02. The number of para-hydroxylation sites is 1. The summed E-state index contributed by atoms with van der Waals surface area (Å²) in [4.78, 5) is 18.2. The lowest BCUT2D eigenvalue weighted by Gasteiger charge is -2.16. The van der Waals surface area contributed by atoms with Crippen molar-refractivity contribution in [3.63, 3.8) is 0 Å². The average molecular weight is 530 g/mol. The molecule has 0 saturated heterocycles. The van der Waals surface area contributed by atoms with Gasteiger partial charge < -0.3 is 13.9 Å². The number of hydrogen-bond donors (Lipinski definition) is 0. The van der Waals surface area contributed by atoms with E-state index in [1.807, 2.05) is 50.2 Å². The molecule has 0 bridgehead atoms. The number of methoxy groups -OCH3 is 1. The van der Waals surface area contributed by atoms with Crippen molar-refractivity contribution in [3.05, 3.63) is 89.0 Å². The number of carbonyl (C=O) groups is 1. The van der Waals surface area contributed by atoms with Gasteiger partial charge in [-0.05, 0) is 54.8 Å². The van der Waals surface area contributed by atoms with Crippen molar-refractivity contribution < 1.29 is 27.1 Å². The quantitative estimate of drug-likeness (QED) is 0.229. The van der Waals surface area contributed by atoms with E-state index in [4.69, 9.17) is 18.9 Å². The Morgan fingerprint density at radius 2 is 1.82 bits per heavy atom. The average Bonchev–Trinajstić information content (AvgIpc) is 3.26. The molecule has 8 heteroatoms. The van der Waals surface area contributed by atoms with Gasteiger partial charge in [0.1, 0.15) is 23.6 Å². The Morgan fingerprint density at radius 1 is 1.03 bits per heavy atom. The second-order valence-corrected chi connectivity index (χ2v) is 11.1. The summed E-state index contributed by atoms with van der Waals surface area (Å²) in [5.74, 6) is 0.511. The standard InChI is InChI=1S/C30H27NO6S/c1-5-20-13-14-26(36-17-19-9-8-10-21(15-19)38(4,33)34)27-23(30(32)35-3)16-24(31-28(20)27)29-18(2)22-11-6-7-12-25(22)37-29/h6-16H,5,17H2,1-4H3. The molecule has 5 aromatic rings. The molecule has 0 atom stereocenters. The largest absolute Gasteiger partial charge is 0.488 e. The number of carbonyl (C=O) groups excluding carboxylic acids is 1. The number of aryl methyl sites for hydroxylation is 2. The molecule has 0 radical (unpaired) electrons. The summed E-state index contributed by atoms with van der Waals surface area (Å²) in [6.07, 6.45) is 1.85. The van der Waals surface area contributed by atoms with Gasteiger partial charge >= 0.3 is 5.97 Å². The van der Waals surface area contributed by atoms with E-state index in [1.54, 1.807) is 30.3 Å². The van der Waals surface area contributed by atoms with E-state index in [9.17, 15) is 13.2 Å². The lowest BCUT2D eigenvalue weighted by molar-refractivity contribution is 0.0602. The third kappa shape index (κ3) is 4.63. The van der Waals surface area contributed by atoms with Crippen molar-refractivity contribution in [1.29, 1.82) is 0 Å². The van der Waals surface area contributed by atoms with Gasteiger partial charge in [-0.25, -0.2) is 18.2 Å². The first-order valence-corrected chi connectivity index (χ1v) is 14.1. The van der Waals surface area contributed by atoms with Gasteiger partial charge in [0.15, 0.2) is 15.6 Å². The zero-order valence-corrected chi connectivity index (χ0v) is 22.4. The maximum atomic E-state index is 13.0. The molecule has 5 rings (SSSR count). The SMILES string of the molecule is CCc1ccc(OCc2cccc(S(C)(=O)=O)c2)c2c(C(=O)OC)cc(-c3oc4ccccc4c3C)nc12. The molecule has 194 valence electrons. The minimum atomic E-state index is -3.35. The molecule has 2 heterocycles. The molecule has 0 unspecified atom stereocenters. The fourth-order valence-electron chi connectivity index (χ4n) is 4.60. The number of benzene rings is 3. The summed E-state index contributed by atoms with van der Waals surface area (Å²) in [5.41, 5.74) is 4.74. The van der Waals surface area contributed by atoms with E-state index in [2.05, 4.69) is 0 Å². The van der Waals surface area contributed by atoms with E-state index in [0.29, 0.717) is 45.7 Å². The summed E-state index contributed by atoms with van der Waals surface area (Å²) < 4.78 is 41.4. The first kappa shape index (κ1) is 25.5. The van der Waals surface area contributed by atoms with Gasteiger partial charge in [0.25, 0.3) is 0 Å². The van der Waals surface area contributed by atoms with Crippen LogP contribution in [-0.4, -0.2) is 32.7 Å². The van der Waals surface area contributed by atoms with Crippen LogP contribution in [0.25, 0.3) is 33.3 Å². The monoisotopic (exact) mass is 529 g/mol. The highest BCUT2D eigenvalue weighted by atomic mass is 32.2. The fourth-order valence-corrected chi connectivity index (χ4v) is 5.30. The van der Waals surface area contributed by atoms with E-state index in [0.717, 1.165) is 22.1 Å². The predicted octanol–water partition coefficient (Wildman–Crippen LogP) is 6.29. The Labute approximate surface area is 220 Å². The van der Waals surface area contributed by atoms with Crippen LogP contribution in [0.15, 0.2) is 76.0 Å². The van der Waals surface area contributed by atoms with Crippen molar-refractivity contribution >= 4 is 37.7 Å². The number of ether oxygens (including phenoxy) is 2. The first-order chi connectivity index (χ1) is 18.2. The summed E-state index contributed by atoms with van der Waals surface area (Å²) in [6, 6.07) is 19.8. The van der Waals surface area contributed by atoms with Crippen LogP contribution in [0.3, 0.4) is 0 Å². The molecular weight excluding hydrogens is 502 g/mol.